The van der Waals surface area contributed by atoms with Crippen LogP contribution in [0.1, 0.15) is 22.8 Å². The summed E-state index contributed by atoms with van der Waals surface area (Å²) < 4.78 is 10.8. The minimum atomic E-state index is -0.0697. The van der Waals surface area contributed by atoms with Crippen LogP contribution in [-0.4, -0.2) is 44.9 Å². The first-order chi connectivity index (χ1) is 9.70. The number of carbonyl (C=O) groups excluding carboxylic acids is 1. The van der Waals surface area contributed by atoms with Crippen LogP contribution in [0.15, 0.2) is 18.2 Å². The lowest BCUT2D eigenvalue weighted by Crippen LogP contribution is -2.39. The van der Waals surface area contributed by atoms with Crippen molar-refractivity contribution in [1.29, 1.82) is 0 Å². The molecule has 2 N–H and O–H groups in total. The first-order valence-electron chi connectivity index (χ1n) is 7.02. The number of aryl methyl sites for hydroxylation is 1. The van der Waals surface area contributed by atoms with Gasteiger partial charge in [-0.1, -0.05) is 0 Å². The first kappa shape index (κ1) is 14.8. The second-order valence-corrected chi connectivity index (χ2v) is 4.84. The van der Waals surface area contributed by atoms with E-state index in [1.165, 1.54) is 0 Å². The average Bonchev–Trinajstić information content (AvgIpc) is 2.46. The van der Waals surface area contributed by atoms with Gasteiger partial charge in [0.05, 0.1) is 25.9 Å². The highest BCUT2D eigenvalue weighted by Crippen LogP contribution is 2.15. The summed E-state index contributed by atoms with van der Waals surface area (Å²) in [6.45, 7) is 7.10. The van der Waals surface area contributed by atoms with Crippen molar-refractivity contribution in [3.05, 3.63) is 29.3 Å². The number of hydrogen-bond donors (Lipinski definition) is 2. The molecule has 1 aromatic carbocycles. The minimum absolute atomic E-state index is 0.0472. The quantitative estimate of drug-likeness (QED) is 0.858. The van der Waals surface area contributed by atoms with Gasteiger partial charge in [-0.2, -0.15) is 0 Å². The van der Waals surface area contributed by atoms with E-state index in [4.69, 9.17) is 9.47 Å². The molecule has 0 radical (unpaired) electrons. The number of benzene rings is 1. The van der Waals surface area contributed by atoms with Gasteiger partial charge in [0.2, 0.25) is 0 Å². The summed E-state index contributed by atoms with van der Waals surface area (Å²) in [5, 5.41) is 6.13. The van der Waals surface area contributed by atoms with Gasteiger partial charge in [0, 0.05) is 24.3 Å². The highest BCUT2D eigenvalue weighted by atomic mass is 16.6. The summed E-state index contributed by atoms with van der Waals surface area (Å²) in [5.74, 6) is -0.0697. The van der Waals surface area contributed by atoms with E-state index in [0.717, 1.165) is 17.8 Å². The van der Waals surface area contributed by atoms with Crippen LogP contribution in [0.2, 0.25) is 0 Å². The molecule has 1 fully saturated rings. The Morgan fingerprint density at radius 2 is 2.25 bits per heavy atom. The van der Waals surface area contributed by atoms with E-state index in [1.807, 2.05) is 32.0 Å². The van der Waals surface area contributed by atoms with E-state index in [0.29, 0.717) is 31.9 Å². The Balaban J connectivity index is 1.91. The minimum Gasteiger partial charge on any atom is -0.385 e. The van der Waals surface area contributed by atoms with Gasteiger partial charge in [-0.15, -0.1) is 0 Å². The molecule has 20 heavy (non-hydrogen) atoms. The van der Waals surface area contributed by atoms with Crippen LogP contribution in [0.5, 0.6) is 0 Å². The summed E-state index contributed by atoms with van der Waals surface area (Å²) in [5.41, 5.74) is 2.69. The fraction of sp³-hybridized carbons (Fsp3) is 0.533. The zero-order valence-corrected chi connectivity index (χ0v) is 12.1. The number of nitrogens with one attached hydrogen (secondary N) is 2. The summed E-state index contributed by atoms with van der Waals surface area (Å²) in [6, 6.07) is 5.76. The van der Waals surface area contributed by atoms with E-state index >= 15 is 0 Å². The molecule has 2 rings (SSSR count). The number of ether oxygens (including phenoxy) is 2. The molecule has 5 heteroatoms. The molecule has 0 bridgehead atoms. The topological polar surface area (TPSA) is 59.6 Å². The highest BCUT2D eigenvalue weighted by molar-refractivity contribution is 5.96. The third-order valence-electron chi connectivity index (χ3n) is 3.23. The predicted octanol–water partition coefficient (Wildman–Crippen LogP) is 1.57. The van der Waals surface area contributed by atoms with Crippen molar-refractivity contribution < 1.29 is 14.3 Å². The van der Waals surface area contributed by atoms with Gasteiger partial charge in [0.15, 0.2) is 0 Å². The molecule has 1 atom stereocenters. The molecule has 0 aromatic heterocycles. The van der Waals surface area contributed by atoms with Crippen molar-refractivity contribution in [2.24, 2.45) is 0 Å². The summed E-state index contributed by atoms with van der Waals surface area (Å²) in [4.78, 5) is 12.1. The molecule has 1 aliphatic rings. The monoisotopic (exact) mass is 278 g/mol. The zero-order valence-electron chi connectivity index (χ0n) is 12.1. The van der Waals surface area contributed by atoms with Crippen LogP contribution in [0, 0.1) is 6.92 Å². The Morgan fingerprint density at radius 1 is 1.40 bits per heavy atom. The molecule has 0 saturated carbocycles. The van der Waals surface area contributed by atoms with Crippen molar-refractivity contribution >= 4 is 11.6 Å². The number of amides is 1. The molecule has 0 aliphatic carbocycles. The summed E-state index contributed by atoms with van der Waals surface area (Å²) in [7, 11) is 0. The summed E-state index contributed by atoms with van der Waals surface area (Å²) >= 11 is 0. The molecule has 1 heterocycles. The van der Waals surface area contributed by atoms with Crippen LogP contribution in [-0.2, 0) is 9.47 Å². The highest BCUT2D eigenvalue weighted by Gasteiger charge is 2.16. The number of anilines is 1. The van der Waals surface area contributed by atoms with Gasteiger partial charge in [0.25, 0.3) is 5.91 Å². The maximum absolute atomic E-state index is 12.1. The second-order valence-electron chi connectivity index (χ2n) is 4.84. The molecular formula is C15H22N2O3. The lowest BCUT2D eigenvalue weighted by Gasteiger charge is -2.23. The fourth-order valence-corrected chi connectivity index (χ4v) is 2.19. The number of hydrogen-bond acceptors (Lipinski definition) is 4. The molecule has 1 unspecified atom stereocenters. The van der Waals surface area contributed by atoms with Gasteiger partial charge in [-0.3, -0.25) is 4.79 Å². The fourth-order valence-electron chi connectivity index (χ4n) is 2.19. The normalized spacial score (nSPS) is 18.6. The van der Waals surface area contributed by atoms with E-state index in [2.05, 4.69) is 10.6 Å². The molecule has 1 amide bonds. The number of carbonyl (C=O) groups is 1. The second kappa shape index (κ2) is 7.26. The predicted molar refractivity (Wildman–Crippen MR) is 78.2 cm³/mol. The molecule has 110 valence electrons. The standard InChI is InChI=1S/C15H22N2O3/c1-3-16-12-4-5-14(11(2)8-12)15(18)17-9-13-10-19-6-7-20-13/h4-5,8,13,16H,3,6-7,9-10H2,1-2H3,(H,17,18). The van der Waals surface area contributed by atoms with Gasteiger partial charge in [-0.05, 0) is 37.6 Å². The molecule has 0 spiro atoms. The van der Waals surface area contributed by atoms with Gasteiger partial charge < -0.3 is 20.1 Å². The lowest BCUT2D eigenvalue weighted by molar-refractivity contribution is -0.0855. The van der Waals surface area contributed by atoms with Gasteiger partial charge >= 0.3 is 0 Å². The van der Waals surface area contributed by atoms with Crippen molar-refractivity contribution in [3.63, 3.8) is 0 Å². The first-order valence-corrected chi connectivity index (χ1v) is 7.02. The van der Waals surface area contributed by atoms with Crippen molar-refractivity contribution in [2.75, 3.05) is 38.2 Å². The van der Waals surface area contributed by atoms with E-state index in [9.17, 15) is 4.79 Å². The SMILES string of the molecule is CCNc1ccc(C(=O)NCC2COCCO2)c(C)c1. The molecule has 1 saturated heterocycles. The van der Waals surface area contributed by atoms with Crippen LogP contribution >= 0.6 is 0 Å². The molecule has 1 aliphatic heterocycles. The maximum atomic E-state index is 12.1. The van der Waals surface area contributed by atoms with Gasteiger partial charge in [-0.25, -0.2) is 0 Å². The molecular weight excluding hydrogens is 256 g/mol. The summed E-state index contributed by atoms with van der Waals surface area (Å²) in [6.07, 6.45) is -0.0472. The zero-order chi connectivity index (χ0) is 14.4. The number of rotatable bonds is 5. The average molecular weight is 278 g/mol. The largest absolute Gasteiger partial charge is 0.385 e. The Labute approximate surface area is 119 Å². The van der Waals surface area contributed by atoms with E-state index < -0.39 is 0 Å². The maximum Gasteiger partial charge on any atom is 0.251 e. The van der Waals surface area contributed by atoms with Crippen molar-refractivity contribution in [2.45, 2.75) is 20.0 Å². The Morgan fingerprint density at radius 3 is 2.90 bits per heavy atom. The third-order valence-corrected chi connectivity index (χ3v) is 3.23. The lowest BCUT2D eigenvalue weighted by atomic mass is 10.1. The van der Waals surface area contributed by atoms with Gasteiger partial charge in [0.1, 0.15) is 0 Å². The Hall–Kier alpha value is -1.59. The van der Waals surface area contributed by atoms with Crippen molar-refractivity contribution in [3.8, 4) is 0 Å². The van der Waals surface area contributed by atoms with Crippen molar-refractivity contribution in [1.82, 2.24) is 5.32 Å². The van der Waals surface area contributed by atoms with E-state index in [-0.39, 0.29) is 12.0 Å². The van der Waals surface area contributed by atoms with Crippen LogP contribution in [0.3, 0.4) is 0 Å². The Bertz CT molecular complexity index is 456. The van der Waals surface area contributed by atoms with Crippen LogP contribution in [0.4, 0.5) is 5.69 Å². The molecule has 1 aromatic rings. The molecule has 5 nitrogen and oxygen atoms in total. The van der Waals surface area contributed by atoms with Crippen LogP contribution < -0.4 is 10.6 Å². The van der Waals surface area contributed by atoms with Crippen LogP contribution in [0.25, 0.3) is 0 Å². The Kier molecular flexibility index (Phi) is 5.38. The third kappa shape index (κ3) is 3.95. The van der Waals surface area contributed by atoms with E-state index in [1.54, 1.807) is 0 Å². The smallest absolute Gasteiger partial charge is 0.251 e.